The van der Waals surface area contributed by atoms with Crippen LogP contribution in [0.3, 0.4) is 0 Å². The summed E-state index contributed by atoms with van der Waals surface area (Å²) < 4.78 is 0. The van der Waals surface area contributed by atoms with Crippen molar-refractivity contribution in [2.24, 2.45) is 5.92 Å². The van der Waals surface area contributed by atoms with Crippen molar-refractivity contribution in [2.45, 2.75) is 121 Å². The summed E-state index contributed by atoms with van der Waals surface area (Å²) in [6.07, 6.45) is 0.117. The highest BCUT2D eigenvalue weighted by atomic mass is 35.5. The second-order valence-corrected chi connectivity index (χ2v) is 21.1. The zero-order chi connectivity index (χ0) is 52.6. The number of amides is 8. The van der Waals surface area contributed by atoms with E-state index in [1.54, 1.807) is 37.3 Å². The Balaban J connectivity index is 1.50. The highest BCUT2D eigenvalue weighted by molar-refractivity contribution is 8.76. The number of carboxylic acids is 1. The lowest BCUT2D eigenvalue weighted by Gasteiger charge is -2.31. The first-order chi connectivity index (χ1) is 34.2. The second kappa shape index (κ2) is 26.9. The summed E-state index contributed by atoms with van der Waals surface area (Å²) in [5.74, 6) is -8.12. The molecular formula is C47H61ClN10O12S2. The van der Waals surface area contributed by atoms with Crippen molar-refractivity contribution in [3.8, 4) is 5.75 Å². The molecular weight excluding hydrogens is 996 g/mol. The average Bonchev–Trinajstić information content (AvgIpc) is 3.99. The standard InChI is InChI=1S/C47H61ClN10O12S2/c1-24(2)12-32-41(64)51-25(3)21-71-72-22-37(57-44(67)35(16-29-19-49-23-50-29)54-42(65)33(52-26(4)59)14-27-8-6-5-7-9-27)47(70)58-20-30(60)17-38(58)46(69)56-34(15-28-10-11-39(61)31(48)13-28)43(66)55-36(18-40(62)63)45(68)53-32/h5-11,13,19,23-25,30,32-38,60-61H,12,14-18,20-22H2,1-4H3,(H,49,50)(H,51,64)(H,52,59)(H,53,68)(H,54,65)(H,55,66)(H,56,69)(H,57,67)(H,62,63). The van der Waals surface area contributed by atoms with Crippen LogP contribution in [0, 0.1) is 5.92 Å². The predicted molar refractivity (Wildman–Crippen MR) is 267 cm³/mol. The first kappa shape index (κ1) is 56.5. The number of aliphatic hydroxyl groups excluding tert-OH is 1. The summed E-state index contributed by atoms with van der Waals surface area (Å²) in [5.41, 5.74) is 1.48. The fourth-order valence-electron chi connectivity index (χ4n) is 8.03. The Bertz CT molecular complexity index is 2420. The molecule has 0 bridgehead atoms. The number of aromatic hydroxyl groups is 1. The Kier molecular flexibility index (Phi) is 21.1. The van der Waals surface area contributed by atoms with Crippen LogP contribution in [0.1, 0.15) is 63.8 Å². The number of aliphatic carboxylic acids is 1. The molecule has 9 atom stereocenters. The lowest BCUT2D eigenvalue weighted by Crippen LogP contribution is -2.61. The van der Waals surface area contributed by atoms with Gasteiger partial charge in [0.1, 0.15) is 48.0 Å². The van der Waals surface area contributed by atoms with Gasteiger partial charge in [-0.05, 0) is 42.5 Å². The highest BCUT2D eigenvalue weighted by Crippen LogP contribution is 2.27. The minimum atomic E-state index is -1.74. The fraction of sp³-hybridized carbons (Fsp3) is 0.489. The molecule has 390 valence electrons. The van der Waals surface area contributed by atoms with E-state index in [4.69, 9.17) is 11.6 Å². The van der Waals surface area contributed by atoms with Crippen LogP contribution in [-0.2, 0) is 62.4 Å². The number of carbonyl (C=O) groups is 9. The average molecular weight is 1060 g/mol. The van der Waals surface area contributed by atoms with Crippen LogP contribution < -0.4 is 37.2 Å². The molecule has 1 aromatic heterocycles. The third kappa shape index (κ3) is 17.2. The third-order valence-electron chi connectivity index (χ3n) is 11.5. The number of hydrogen-bond donors (Lipinski definition) is 11. The number of aromatic nitrogens is 2. The number of benzene rings is 2. The molecule has 0 saturated carbocycles. The van der Waals surface area contributed by atoms with Gasteiger partial charge in [-0.25, -0.2) is 4.98 Å². The molecule has 22 nitrogen and oxygen atoms in total. The number of rotatable bonds is 15. The number of carboxylic acid groups (broad SMARTS) is 1. The Morgan fingerprint density at radius 2 is 1.49 bits per heavy atom. The maximum absolute atomic E-state index is 14.8. The number of nitrogens with zero attached hydrogens (tertiary/aromatic N) is 2. The molecule has 2 saturated heterocycles. The molecule has 3 heterocycles. The minimum Gasteiger partial charge on any atom is -0.506 e. The summed E-state index contributed by atoms with van der Waals surface area (Å²) in [4.78, 5) is 132. The van der Waals surface area contributed by atoms with Crippen molar-refractivity contribution in [1.82, 2.24) is 52.1 Å². The van der Waals surface area contributed by atoms with Gasteiger partial charge >= 0.3 is 5.97 Å². The molecule has 2 aromatic carbocycles. The molecule has 5 rings (SSSR count). The number of aliphatic hydroxyl groups is 1. The summed E-state index contributed by atoms with van der Waals surface area (Å²) in [7, 11) is 2.38. The van der Waals surface area contributed by atoms with Crippen LogP contribution in [0.5, 0.6) is 5.75 Å². The molecule has 25 heteroatoms. The molecule has 0 radical (unpaired) electrons. The number of hydrogen-bond acceptors (Lipinski definition) is 14. The van der Waals surface area contributed by atoms with Gasteiger partial charge in [0.05, 0.1) is 23.9 Å². The summed E-state index contributed by atoms with van der Waals surface area (Å²) in [6.45, 7) is 6.21. The number of H-pyrrole nitrogens is 1. The van der Waals surface area contributed by atoms with E-state index >= 15 is 0 Å². The zero-order valence-corrected chi connectivity index (χ0v) is 42.4. The van der Waals surface area contributed by atoms with Gasteiger partial charge in [0.2, 0.25) is 47.3 Å². The smallest absolute Gasteiger partial charge is 0.305 e. The van der Waals surface area contributed by atoms with E-state index in [1.807, 2.05) is 13.8 Å². The van der Waals surface area contributed by atoms with E-state index in [2.05, 4.69) is 47.2 Å². The van der Waals surface area contributed by atoms with Crippen LogP contribution >= 0.6 is 33.2 Å². The lowest BCUT2D eigenvalue weighted by molar-refractivity contribution is -0.142. The second-order valence-electron chi connectivity index (χ2n) is 18.1. The van der Waals surface area contributed by atoms with Gasteiger partial charge in [-0.1, -0.05) is 83.4 Å². The van der Waals surface area contributed by atoms with Crippen LogP contribution in [0.15, 0.2) is 61.1 Å². The van der Waals surface area contributed by atoms with E-state index in [0.29, 0.717) is 11.3 Å². The van der Waals surface area contributed by atoms with Crippen LogP contribution in [-0.4, -0.2) is 156 Å². The number of halogens is 1. The van der Waals surface area contributed by atoms with Crippen molar-refractivity contribution < 1.29 is 58.5 Å². The first-order valence-corrected chi connectivity index (χ1v) is 26.1. The largest absolute Gasteiger partial charge is 0.506 e. The number of phenols is 1. The van der Waals surface area contributed by atoms with Crippen molar-refractivity contribution in [3.05, 3.63) is 82.9 Å². The zero-order valence-electron chi connectivity index (χ0n) is 40.0. The highest BCUT2D eigenvalue weighted by Gasteiger charge is 2.43. The molecule has 0 spiro atoms. The predicted octanol–water partition coefficient (Wildman–Crippen LogP) is 0.108. The number of nitrogens with one attached hydrogen (secondary N) is 8. The Hall–Kier alpha value is -6.37. The maximum Gasteiger partial charge on any atom is 0.305 e. The summed E-state index contributed by atoms with van der Waals surface area (Å²) >= 11 is 6.18. The Labute approximate surface area is 428 Å². The van der Waals surface area contributed by atoms with E-state index < -0.39 is 114 Å². The van der Waals surface area contributed by atoms with Crippen molar-refractivity contribution >= 4 is 86.4 Å². The van der Waals surface area contributed by atoms with Crippen LogP contribution in [0.2, 0.25) is 5.02 Å². The normalized spacial score (nSPS) is 23.6. The molecule has 2 fully saturated rings. The van der Waals surface area contributed by atoms with Gasteiger partial charge in [-0.15, -0.1) is 0 Å². The maximum atomic E-state index is 14.8. The third-order valence-corrected chi connectivity index (χ3v) is 14.4. The number of fused-ring (bicyclic) bond motifs is 1. The quantitative estimate of drug-likeness (QED) is 0.0901. The van der Waals surface area contributed by atoms with Gasteiger partial charge in [-0.2, -0.15) is 0 Å². The molecule has 3 aromatic rings. The number of imidazole rings is 1. The number of phenolic OH excluding ortho intramolecular Hbond substituents is 1. The van der Waals surface area contributed by atoms with Crippen LogP contribution in [0.25, 0.3) is 0 Å². The summed E-state index contributed by atoms with van der Waals surface area (Å²) in [5, 5.41) is 49.4. The SMILES string of the molecule is CC(=O)NC(Cc1ccccc1)C(=O)NC(Cc1cnc[nH]1)C(=O)NC1CSSCC(C)NC(=O)C(CC(C)C)NC(=O)C(CC(=O)O)NC(=O)C(Cc2ccc(O)c(Cl)c2)NC(=O)C2CC(O)CN2C1=O. The molecule has 9 unspecified atom stereocenters. The molecule has 8 amide bonds. The van der Waals surface area contributed by atoms with E-state index in [0.717, 1.165) is 21.3 Å². The van der Waals surface area contributed by atoms with Gasteiger partial charge in [0.25, 0.3) is 0 Å². The molecule has 2 aliphatic rings. The van der Waals surface area contributed by atoms with Gasteiger partial charge in [0, 0.05) is 68.6 Å². The Morgan fingerprint density at radius 3 is 2.14 bits per heavy atom. The lowest BCUT2D eigenvalue weighted by atomic mass is 10.0. The minimum absolute atomic E-state index is 0.0837. The van der Waals surface area contributed by atoms with Crippen molar-refractivity contribution in [2.75, 3.05) is 18.1 Å². The van der Waals surface area contributed by atoms with Gasteiger partial charge < -0.3 is 62.4 Å². The van der Waals surface area contributed by atoms with Gasteiger partial charge in [-0.3, -0.25) is 43.2 Å². The van der Waals surface area contributed by atoms with E-state index in [9.17, 15) is 58.5 Å². The number of carbonyl (C=O) groups excluding carboxylic acids is 8. The molecule has 2 aliphatic heterocycles. The molecule has 0 aliphatic carbocycles. The molecule has 72 heavy (non-hydrogen) atoms. The number of aromatic amines is 1. The van der Waals surface area contributed by atoms with E-state index in [-0.39, 0.29) is 66.8 Å². The van der Waals surface area contributed by atoms with Crippen molar-refractivity contribution in [1.29, 1.82) is 0 Å². The van der Waals surface area contributed by atoms with E-state index in [1.165, 1.54) is 48.4 Å². The summed E-state index contributed by atoms with van der Waals surface area (Å²) in [6, 6.07) is 2.55. The fourth-order valence-corrected chi connectivity index (χ4v) is 10.7. The molecule has 11 N–H and O–H groups in total. The monoisotopic (exact) mass is 1060 g/mol. The van der Waals surface area contributed by atoms with Crippen molar-refractivity contribution in [3.63, 3.8) is 0 Å². The first-order valence-electron chi connectivity index (χ1n) is 23.2. The Morgan fingerprint density at radius 1 is 0.833 bits per heavy atom. The van der Waals surface area contributed by atoms with Crippen LogP contribution in [0.4, 0.5) is 0 Å². The topological polar surface area (TPSA) is 330 Å². The van der Waals surface area contributed by atoms with Gasteiger partial charge in [0.15, 0.2) is 0 Å².